The van der Waals surface area contributed by atoms with Crippen LogP contribution in [0.1, 0.15) is 50.4 Å². The van der Waals surface area contributed by atoms with Gasteiger partial charge in [0.05, 0.1) is 18.6 Å². The molecule has 0 spiro atoms. The number of nitrogens with zero attached hydrogens (tertiary/aromatic N) is 1. The molecule has 26 heavy (non-hydrogen) atoms. The average Bonchev–Trinajstić information content (AvgIpc) is 2.53. The molecule has 1 aliphatic carbocycles. The summed E-state index contributed by atoms with van der Waals surface area (Å²) in [6, 6.07) is 5.67. The quantitative estimate of drug-likeness (QED) is 0.293. The highest BCUT2D eigenvalue weighted by atomic mass is 28.3. The zero-order chi connectivity index (χ0) is 19.7. The predicted octanol–water partition coefficient (Wildman–Crippen LogP) is 5.67. The maximum absolute atomic E-state index is 12.6. The SMILES string of the molecule is CC(C)(C)[C@H]1CC[C@H]([Si](C)(C)C)[C@H](OC(=O)c2ccc([N+](=O)[O-])cc2)C1. The number of hydrogen-bond donors (Lipinski definition) is 0. The molecule has 0 amide bonds. The van der Waals surface area contributed by atoms with Gasteiger partial charge in [-0.2, -0.15) is 0 Å². The second-order valence-electron chi connectivity index (χ2n) is 9.60. The van der Waals surface area contributed by atoms with Crippen LogP contribution in [-0.4, -0.2) is 25.1 Å². The van der Waals surface area contributed by atoms with Gasteiger partial charge in [-0.3, -0.25) is 10.1 Å². The van der Waals surface area contributed by atoms with Gasteiger partial charge < -0.3 is 4.74 Å². The molecule has 1 aromatic rings. The van der Waals surface area contributed by atoms with E-state index in [0.29, 0.717) is 17.0 Å². The molecule has 6 heteroatoms. The highest BCUT2D eigenvalue weighted by molar-refractivity contribution is 6.77. The Labute approximate surface area is 157 Å². The second kappa shape index (κ2) is 7.51. The first-order valence-corrected chi connectivity index (χ1v) is 12.9. The first-order valence-electron chi connectivity index (χ1n) is 9.35. The monoisotopic (exact) mass is 377 g/mol. The number of carbonyl (C=O) groups is 1. The Morgan fingerprint density at radius 2 is 1.73 bits per heavy atom. The highest BCUT2D eigenvalue weighted by Gasteiger charge is 2.43. The van der Waals surface area contributed by atoms with Gasteiger partial charge in [0.25, 0.3) is 5.69 Å². The zero-order valence-corrected chi connectivity index (χ0v) is 17.7. The zero-order valence-electron chi connectivity index (χ0n) is 16.7. The molecule has 2 rings (SSSR count). The molecule has 1 saturated carbocycles. The normalized spacial score (nSPS) is 24.2. The van der Waals surface area contributed by atoms with Gasteiger partial charge in [-0.1, -0.05) is 40.4 Å². The minimum absolute atomic E-state index is 0.0213. The van der Waals surface area contributed by atoms with E-state index in [-0.39, 0.29) is 23.2 Å². The number of ether oxygens (including phenoxy) is 1. The molecular formula is C20H31NO4Si. The van der Waals surface area contributed by atoms with Crippen molar-refractivity contribution in [1.29, 1.82) is 0 Å². The van der Waals surface area contributed by atoms with Crippen LogP contribution in [0.5, 0.6) is 0 Å². The van der Waals surface area contributed by atoms with Crippen molar-refractivity contribution in [3.05, 3.63) is 39.9 Å². The van der Waals surface area contributed by atoms with E-state index < -0.39 is 13.0 Å². The van der Waals surface area contributed by atoms with Crippen LogP contribution in [0, 0.1) is 21.4 Å². The number of non-ortho nitro benzene ring substituents is 1. The molecule has 0 aliphatic heterocycles. The van der Waals surface area contributed by atoms with Crippen molar-refractivity contribution in [3.8, 4) is 0 Å². The molecule has 3 atom stereocenters. The fourth-order valence-electron chi connectivity index (χ4n) is 3.96. The minimum Gasteiger partial charge on any atom is -0.459 e. The van der Waals surface area contributed by atoms with Gasteiger partial charge in [0, 0.05) is 12.1 Å². The van der Waals surface area contributed by atoms with Crippen molar-refractivity contribution in [2.24, 2.45) is 11.3 Å². The first kappa shape index (κ1) is 20.6. The summed E-state index contributed by atoms with van der Waals surface area (Å²) in [5, 5.41) is 10.8. The molecule has 0 saturated heterocycles. The molecule has 0 aromatic heterocycles. The van der Waals surface area contributed by atoms with Crippen molar-refractivity contribution in [1.82, 2.24) is 0 Å². The summed E-state index contributed by atoms with van der Waals surface area (Å²) in [7, 11) is -1.47. The lowest BCUT2D eigenvalue weighted by Gasteiger charge is -2.45. The Morgan fingerprint density at radius 3 is 2.19 bits per heavy atom. The highest BCUT2D eigenvalue weighted by Crippen LogP contribution is 2.46. The number of rotatable bonds is 4. The van der Waals surface area contributed by atoms with Crippen LogP contribution in [0.15, 0.2) is 24.3 Å². The van der Waals surface area contributed by atoms with Gasteiger partial charge in [0.15, 0.2) is 0 Å². The van der Waals surface area contributed by atoms with Gasteiger partial charge in [-0.05, 0) is 48.3 Å². The number of esters is 1. The summed E-state index contributed by atoms with van der Waals surface area (Å²) in [6.07, 6.45) is 3.12. The van der Waals surface area contributed by atoms with Crippen LogP contribution >= 0.6 is 0 Å². The van der Waals surface area contributed by atoms with E-state index >= 15 is 0 Å². The molecule has 1 aromatic carbocycles. The van der Waals surface area contributed by atoms with E-state index in [2.05, 4.69) is 40.4 Å². The van der Waals surface area contributed by atoms with Crippen LogP contribution < -0.4 is 0 Å². The molecule has 0 heterocycles. The molecule has 0 unspecified atom stereocenters. The maximum atomic E-state index is 12.6. The molecule has 0 N–H and O–H groups in total. The summed E-state index contributed by atoms with van der Waals surface area (Å²) in [5.74, 6) is 0.160. The second-order valence-corrected chi connectivity index (χ2v) is 15.1. The third-order valence-electron chi connectivity index (χ3n) is 5.70. The van der Waals surface area contributed by atoms with E-state index in [9.17, 15) is 14.9 Å². The molecule has 1 fully saturated rings. The van der Waals surface area contributed by atoms with Crippen LogP contribution in [0.3, 0.4) is 0 Å². The van der Waals surface area contributed by atoms with Gasteiger partial charge in [-0.15, -0.1) is 0 Å². The van der Waals surface area contributed by atoms with E-state index in [1.165, 1.54) is 30.7 Å². The predicted molar refractivity (Wildman–Crippen MR) is 106 cm³/mol. The van der Waals surface area contributed by atoms with Gasteiger partial charge in [0.2, 0.25) is 0 Å². The Bertz CT molecular complexity index is 658. The Hall–Kier alpha value is -1.69. The Balaban J connectivity index is 2.18. The summed E-state index contributed by atoms with van der Waals surface area (Å²) in [4.78, 5) is 23.0. The van der Waals surface area contributed by atoms with Crippen molar-refractivity contribution in [2.75, 3.05) is 0 Å². The summed E-state index contributed by atoms with van der Waals surface area (Å²) in [6.45, 7) is 13.8. The largest absolute Gasteiger partial charge is 0.459 e. The molecule has 5 nitrogen and oxygen atoms in total. The number of nitro benzene ring substituents is 1. The maximum Gasteiger partial charge on any atom is 0.338 e. The summed E-state index contributed by atoms with van der Waals surface area (Å²) >= 11 is 0. The smallest absolute Gasteiger partial charge is 0.338 e. The molecule has 0 bridgehead atoms. The van der Waals surface area contributed by atoms with Gasteiger partial charge in [-0.25, -0.2) is 4.79 Å². The minimum atomic E-state index is -1.47. The number of hydrogen-bond acceptors (Lipinski definition) is 4. The van der Waals surface area contributed by atoms with E-state index in [4.69, 9.17) is 4.74 Å². The fraction of sp³-hybridized carbons (Fsp3) is 0.650. The van der Waals surface area contributed by atoms with E-state index in [0.717, 1.165) is 12.8 Å². The lowest BCUT2D eigenvalue weighted by atomic mass is 9.71. The van der Waals surface area contributed by atoms with Crippen LogP contribution in [0.2, 0.25) is 25.2 Å². The van der Waals surface area contributed by atoms with Crippen molar-refractivity contribution in [3.63, 3.8) is 0 Å². The Morgan fingerprint density at radius 1 is 1.15 bits per heavy atom. The van der Waals surface area contributed by atoms with Crippen molar-refractivity contribution in [2.45, 2.75) is 71.3 Å². The lowest BCUT2D eigenvalue weighted by Crippen LogP contribution is -2.44. The third-order valence-corrected chi connectivity index (χ3v) is 8.59. The fourth-order valence-corrected chi connectivity index (χ4v) is 6.31. The molecule has 0 radical (unpaired) electrons. The van der Waals surface area contributed by atoms with Crippen molar-refractivity contribution >= 4 is 19.7 Å². The van der Waals surface area contributed by atoms with E-state index in [1.807, 2.05) is 0 Å². The van der Waals surface area contributed by atoms with Gasteiger partial charge >= 0.3 is 5.97 Å². The lowest BCUT2D eigenvalue weighted by molar-refractivity contribution is -0.384. The van der Waals surface area contributed by atoms with Gasteiger partial charge in [0.1, 0.15) is 6.10 Å². The van der Waals surface area contributed by atoms with E-state index in [1.54, 1.807) is 0 Å². The van der Waals surface area contributed by atoms with Crippen LogP contribution in [0.4, 0.5) is 5.69 Å². The Kier molecular flexibility index (Phi) is 5.95. The number of nitro groups is 1. The number of carbonyl (C=O) groups excluding carboxylic acids is 1. The third kappa shape index (κ3) is 4.93. The molecular weight excluding hydrogens is 346 g/mol. The van der Waals surface area contributed by atoms with Crippen molar-refractivity contribution < 1.29 is 14.5 Å². The standard InChI is InChI=1S/C20H31NO4Si/c1-20(2,3)15-9-12-18(26(4,5)6)17(13-15)25-19(22)14-7-10-16(11-8-14)21(23)24/h7-8,10-11,15,17-18H,9,12-13H2,1-6H3/t15-,17+,18-/m0/s1. The van der Waals surface area contributed by atoms with Crippen LogP contribution in [0.25, 0.3) is 0 Å². The molecule has 1 aliphatic rings. The first-order chi connectivity index (χ1) is 11.9. The number of benzene rings is 1. The topological polar surface area (TPSA) is 69.4 Å². The average molecular weight is 378 g/mol. The summed E-state index contributed by atoms with van der Waals surface area (Å²) < 4.78 is 5.97. The van der Waals surface area contributed by atoms with Crippen LogP contribution in [-0.2, 0) is 4.74 Å². The summed E-state index contributed by atoms with van der Waals surface area (Å²) in [5.41, 5.74) is 1.00. The molecule has 144 valence electrons.